The van der Waals surface area contributed by atoms with E-state index in [2.05, 4.69) is 4.72 Å². The number of sulfonamides is 1. The lowest BCUT2D eigenvalue weighted by Gasteiger charge is -2.35. The summed E-state index contributed by atoms with van der Waals surface area (Å²) in [5.74, 6) is -0.492. The minimum atomic E-state index is -3.92. The number of carbonyl (C=O) groups excluding carboxylic acids is 2. The number of halogens is 1. The van der Waals surface area contributed by atoms with Crippen molar-refractivity contribution < 1.29 is 22.7 Å². The number of rotatable bonds is 6. The van der Waals surface area contributed by atoms with Crippen LogP contribution in [0.15, 0.2) is 41.3 Å². The van der Waals surface area contributed by atoms with Crippen molar-refractivity contribution in [3.63, 3.8) is 0 Å². The highest BCUT2D eigenvalue weighted by Gasteiger charge is 2.40. The summed E-state index contributed by atoms with van der Waals surface area (Å²) < 4.78 is 33.8. The summed E-state index contributed by atoms with van der Waals surface area (Å²) in [6, 6.07) is 8.40. The van der Waals surface area contributed by atoms with Crippen molar-refractivity contribution in [1.29, 1.82) is 0 Å². The van der Waals surface area contributed by atoms with Crippen LogP contribution in [0.4, 0.5) is 0 Å². The first-order chi connectivity index (χ1) is 15.7. The van der Waals surface area contributed by atoms with Crippen LogP contribution in [0.25, 0.3) is 10.8 Å². The molecule has 0 saturated carbocycles. The lowest BCUT2D eigenvalue weighted by atomic mass is 10.1. The van der Waals surface area contributed by atoms with Gasteiger partial charge in [0.25, 0.3) is 0 Å². The van der Waals surface area contributed by atoms with Crippen LogP contribution in [-0.4, -0.2) is 75.0 Å². The average molecular weight is 494 g/mol. The molecule has 0 aliphatic carbocycles. The number of fused-ring (bicyclic) bond motifs is 1. The summed E-state index contributed by atoms with van der Waals surface area (Å²) in [5.41, 5.74) is 0. The Morgan fingerprint density at radius 1 is 1.09 bits per heavy atom. The molecule has 0 unspecified atom stereocenters. The van der Waals surface area contributed by atoms with E-state index in [4.69, 9.17) is 16.3 Å². The van der Waals surface area contributed by atoms with Crippen LogP contribution in [-0.2, 0) is 24.3 Å². The molecule has 2 amide bonds. The summed E-state index contributed by atoms with van der Waals surface area (Å²) in [6.07, 6.45) is 2.00. The molecule has 8 nitrogen and oxygen atoms in total. The predicted octanol–water partition coefficient (Wildman–Crippen LogP) is 2.40. The van der Waals surface area contributed by atoms with Crippen molar-refractivity contribution in [3.8, 4) is 0 Å². The Hall–Kier alpha value is -2.20. The van der Waals surface area contributed by atoms with Gasteiger partial charge in [0.1, 0.15) is 12.1 Å². The number of methoxy groups -OCH3 is 1. The Morgan fingerprint density at radius 2 is 1.76 bits per heavy atom. The minimum absolute atomic E-state index is 0.0775. The molecule has 2 atom stereocenters. The first-order valence-electron chi connectivity index (χ1n) is 11.0. The molecule has 1 N–H and O–H groups in total. The van der Waals surface area contributed by atoms with Crippen LogP contribution in [0.5, 0.6) is 0 Å². The average Bonchev–Trinajstić information content (AvgIpc) is 3.17. The van der Waals surface area contributed by atoms with E-state index in [0.29, 0.717) is 31.1 Å². The molecule has 33 heavy (non-hydrogen) atoms. The number of ether oxygens (including phenoxy) is 1. The van der Waals surface area contributed by atoms with Crippen molar-refractivity contribution in [1.82, 2.24) is 14.5 Å². The number of nitrogens with zero attached hydrogens (tertiary/aromatic N) is 2. The van der Waals surface area contributed by atoms with E-state index in [0.717, 1.165) is 23.6 Å². The van der Waals surface area contributed by atoms with Gasteiger partial charge in [-0.3, -0.25) is 9.59 Å². The molecule has 10 heteroatoms. The van der Waals surface area contributed by atoms with Crippen LogP contribution >= 0.6 is 11.6 Å². The van der Waals surface area contributed by atoms with Crippen molar-refractivity contribution in [2.24, 2.45) is 0 Å². The second kappa shape index (κ2) is 9.58. The zero-order valence-electron chi connectivity index (χ0n) is 18.7. The van der Waals surface area contributed by atoms with Gasteiger partial charge in [0.15, 0.2) is 0 Å². The van der Waals surface area contributed by atoms with Crippen molar-refractivity contribution in [2.75, 3.05) is 26.7 Å². The molecule has 4 rings (SSSR count). The van der Waals surface area contributed by atoms with Gasteiger partial charge >= 0.3 is 0 Å². The number of piperidine rings is 1. The second-order valence-electron chi connectivity index (χ2n) is 8.58. The fraction of sp³-hybridized carbons (Fsp3) is 0.478. The maximum Gasteiger partial charge on any atom is 0.245 e. The number of nitrogens with one attached hydrogen (secondary N) is 1. The summed E-state index contributed by atoms with van der Waals surface area (Å²) in [6.45, 7) is 3.21. The smallest absolute Gasteiger partial charge is 0.245 e. The van der Waals surface area contributed by atoms with Crippen LogP contribution in [0.3, 0.4) is 0 Å². The van der Waals surface area contributed by atoms with Crippen LogP contribution in [0.2, 0.25) is 5.02 Å². The van der Waals surface area contributed by atoms with E-state index in [9.17, 15) is 18.0 Å². The van der Waals surface area contributed by atoms with Crippen LogP contribution < -0.4 is 4.72 Å². The highest BCUT2D eigenvalue weighted by atomic mass is 35.5. The number of hydrogen-bond acceptors (Lipinski definition) is 5. The Labute approximate surface area is 198 Å². The fourth-order valence-electron chi connectivity index (χ4n) is 4.52. The van der Waals surface area contributed by atoms with Gasteiger partial charge in [-0.05, 0) is 61.2 Å². The molecule has 0 radical (unpaired) electrons. The third-order valence-electron chi connectivity index (χ3n) is 6.53. The van der Waals surface area contributed by atoms with Gasteiger partial charge < -0.3 is 14.5 Å². The molecule has 0 bridgehead atoms. The lowest BCUT2D eigenvalue weighted by Crippen LogP contribution is -2.52. The van der Waals surface area contributed by atoms with Gasteiger partial charge in [-0.2, -0.15) is 4.72 Å². The number of carbonyl (C=O) groups is 2. The normalized spacial score (nSPS) is 21.1. The second-order valence-corrected chi connectivity index (χ2v) is 10.7. The van der Waals surface area contributed by atoms with Gasteiger partial charge in [-0.1, -0.05) is 23.7 Å². The summed E-state index contributed by atoms with van der Waals surface area (Å²) in [7, 11) is -2.25. The third kappa shape index (κ3) is 5.01. The Bertz CT molecular complexity index is 1160. The number of hydrogen-bond donors (Lipinski definition) is 1. The molecule has 178 valence electrons. The largest absolute Gasteiger partial charge is 0.381 e. The fourth-order valence-corrected chi connectivity index (χ4v) is 5.96. The van der Waals surface area contributed by atoms with Crippen molar-refractivity contribution in [3.05, 3.63) is 41.4 Å². The van der Waals surface area contributed by atoms with E-state index < -0.39 is 22.1 Å². The van der Waals surface area contributed by atoms with E-state index >= 15 is 0 Å². The maximum absolute atomic E-state index is 13.0. The van der Waals surface area contributed by atoms with Crippen LogP contribution in [0.1, 0.15) is 26.2 Å². The van der Waals surface area contributed by atoms with Gasteiger partial charge in [0.05, 0.1) is 11.0 Å². The lowest BCUT2D eigenvalue weighted by molar-refractivity contribution is -0.144. The summed E-state index contributed by atoms with van der Waals surface area (Å²) >= 11 is 6.00. The quantitative estimate of drug-likeness (QED) is 0.666. The van der Waals surface area contributed by atoms with E-state index in [1.165, 1.54) is 11.0 Å². The van der Waals surface area contributed by atoms with E-state index in [1.54, 1.807) is 49.3 Å². The molecule has 0 spiro atoms. The zero-order chi connectivity index (χ0) is 23.8. The number of likely N-dealkylation sites (tertiary alicyclic amines) is 2. The summed E-state index contributed by atoms with van der Waals surface area (Å²) in [4.78, 5) is 29.2. The summed E-state index contributed by atoms with van der Waals surface area (Å²) in [5, 5.41) is 2.13. The molecule has 2 heterocycles. The standard InChI is InChI=1S/C23H28ClN3O5S/c1-15(22(28)26-10-7-19(32-2)8-11-26)27-12-9-21(23(27)29)25-33(30,31)20-6-4-16-13-18(24)5-3-17(16)14-20/h3-6,13-15,19,21,25H,7-12H2,1-2H3/t15-,21-/m0/s1. The minimum Gasteiger partial charge on any atom is -0.381 e. The zero-order valence-corrected chi connectivity index (χ0v) is 20.2. The Morgan fingerprint density at radius 3 is 2.45 bits per heavy atom. The van der Waals surface area contributed by atoms with Crippen molar-refractivity contribution >= 4 is 44.2 Å². The molecular weight excluding hydrogens is 466 g/mol. The highest BCUT2D eigenvalue weighted by molar-refractivity contribution is 7.89. The third-order valence-corrected chi connectivity index (χ3v) is 8.24. The SMILES string of the molecule is COC1CCN(C(=O)[C@H](C)N2CC[C@H](NS(=O)(=O)c3ccc4cc(Cl)ccc4c3)C2=O)CC1. The first kappa shape index (κ1) is 23.9. The van der Waals surface area contributed by atoms with Gasteiger partial charge in [-0.25, -0.2) is 8.42 Å². The first-order valence-corrected chi connectivity index (χ1v) is 12.9. The number of benzene rings is 2. The monoisotopic (exact) mass is 493 g/mol. The highest BCUT2D eigenvalue weighted by Crippen LogP contribution is 2.24. The molecule has 2 aromatic carbocycles. The molecule has 2 aliphatic heterocycles. The maximum atomic E-state index is 13.0. The van der Waals surface area contributed by atoms with Gasteiger partial charge in [0.2, 0.25) is 21.8 Å². The predicted molar refractivity (Wildman–Crippen MR) is 125 cm³/mol. The molecule has 2 saturated heterocycles. The van der Waals surface area contributed by atoms with Gasteiger partial charge in [-0.15, -0.1) is 0 Å². The van der Waals surface area contributed by atoms with E-state index in [1.807, 2.05) is 0 Å². The number of amides is 2. The Balaban J connectivity index is 1.42. The molecule has 2 aromatic rings. The van der Waals surface area contributed by atoms with Crippen molar-refractivity contribution in [2.45, 2.75) is 49.3 Å². The molecule has 2 aliphatic rings. The van der Waals surface area contributed by atoms with E-state index in [-0.39, 0.29) is 22.8 Å². The van der Waals surface area contributed by atoms with Crippen LogP contribution in [0, 0.1) is 0 Å². The molecule has 2 fully saturated rings. The Kier molecular flexibility index (Phi) is 6.95. The topological polar surface area (TPSA) is 96.0 Å². The molecular formula is C23H28ClN3O5S. The molecule has 0 aromatic heterocycles. The van der Waals surface area contributed by atoms with Gasteiger partial charge in [0, 0.05) is 31.8 Å².